The molecule has 3 nitrogen and oxygen atoms in total. The molecule has 0 atom stereocenters. The minimum atomic E-state index is 0.787. The summed E-state index contributed by atoms with van der Waals surface area (Å²) in [6, 6.07) is 17.3. The number of anilines is 1. The lowest BCUT2D eigenvalue weighted by Crippen LogP contribution is -2.47. The second kappa shape index (κ2) is 7.21. The number of benzene rings is 2. The van der Waals surface area contributed by atoms with Gasteiger partial charge in [-0.05, 0) is 61.1 Å². The number of rotatable bonds is 4. The summed E-state index contributed by atoms with van der Waals surface area (Å²) in [5.74, 6) is 2.05. The first-order valence-electron chi connectivity index (χ1n) is 10.1. The third-order valence-electron chi connectivity index (χ3n) is 6.27. The fraction of sp³-hybridized carbons (Fsp3) is 0.391. The first-order valence-corrected chi connectivity index (χ1v) is 10.4. The van der Waals surface area contributed by atoms with Gasteiger partial charge in [-0.1, -0.05) is 41.9 Å². The Morgan fingerprint density at radius 1 is 0.926 bits per heavy atom. The van der Waals surface area contributed by atoms with E-state index in [1.807, 2.05) is 12.1 Å². The summed E-state index contributed by atoms with van der Waals surface area (Å²) in [6.45, 7) is 5.71. The first kappa shape index (κ1) is 17.2. The molecule has 1 aliphatic heterocycles. The van der Waals surface area contributed by atoms with Crippen LogP contribution in [0.1, 0.15) is 17.5 Å². The molecule has 140 valence electrons. The summed E-state index contributed by atoms with van der Waals surface area (Å²) in [5.41, 5.74) is 4.28. The minimum Gasteiger partial charge on any atom is -0.356 e. The van der Waals surface area contributed by atoms with Crippen molar-refractivity contribution in [2.24, 2.45) is 5.92 Å². The number of piperazine rings is 1. The Labute approximate surface area is 165 Å². The SMILES string of the molecule is Clc1ccc2cc(N3CCN(CCC4Cc5ccccc5C4)CC3)[nH]c2c1. The molecule has 1 aliphatic carbocycles. The first-order chi connectivity index (χ1) is 13.2. The zero-order valence-corrected chi connectivity index (χ0v) is 16.4. The van der Waals surface area contributed by atoms with Gasteiger partial charge in [-0.25, -0.2) is 0 Å². The largest absolute Gasteiger partial charge is 0.356 e. The summed E-state index contributed by atoms with van der Waals surface area (Å²) in [4.78, 5) is 8.64. The molecule has 2 aromatic carbocycles. The Hall–Kier alpha value is -1.97. The Bertz CT molecular complexity index is 915. The van der Waals surface area contributed by atoms with Crippen LogP contribution in [0.25, 0.3) is 10.9 Å². The molecule has 0 saturated carbocycles. The number of nitrogens with zero attached hydrogens (tertiary/aromatic N) is 2. The fourth-order valence-corrected chi connectivity index (χ4v) is 4.86. The van der Waals surface area contributed by atoms with Gasteiger partial charge in [0.1, 0.15) is 5.82 Å². The highest BCUT2D eigenvalue weighted by Crippen LogP contribution is 2.29. The maximum atomic E-state index is 6.11. The quantitative estimate of drug-likeness (QED) is 0.706. The Balaban J connectivity index is 1.14. The van der Waals surface area contributed by atoms with Gasteiger partial charge in [0, 0.05) is 42.1 Å². The second-order valence-corrected chi connectivity index (χ2v) is 8.48. The molecule has 1 saturated heterocycles. The van der Waals surface area contributed by atoms with Crippen LogP contribution in [0.5, 0.6) is 0 Å². The van der Waals surface area contributed by atoms with Gasteiger partial charge in [-0.15, -0.1) is 0 Å². The maximum Gasteiger partial charge on any atom is 0.106 e. The van der Waals surface area contributed by atoms with E-state index < -0.39 is 0 Å². The molecule has 0 bridgehead atoms. The molecule has 1 N–H and O–H groups in total. The van der Waals surface area contributed by atoms with E-state index in [1.165, 1.54) is 37.0 Å². The molecule has 2 aliphatic rings. The van der Waals surface area contributed by atoms with Crippen molar-refractivity contribution >= 4 is 28.3 Å². The summed E-state index contributed by atoms with van der Waals surface area (Å²) >= 11 is 6.11. The zero-order valence-electron chi connectivity index (χ0n) is 15.6. The van der Waals surface area contributed by atoms with E-state index in [-0.39, 0.29) is 0 Å². The van der Waals surface area contributed by atoms with Gasteiger partial charge in [0.05, 0.1) is 0 Å². The normalized spacial score (nSPS) is 18.3. The molecule has 27 heavy (non-hydrogen) atoms. The van der Waals surface area contributed by atoms with Crippen LogP contribution in [0.3, 0.4) is 0 Å². The smallest absolute Gasteiger partial charge is 0.106 e. The number of aromatic nitrogens is 1. The lowest BCUT2D eigenvalue weighted by atomic mass is 10.0. The molecular weight excluding hydrogens is 354 g/mol. The standard InChI is InChI=1S/C23H26ClN3/c24-21-6-5-20-15-23(25-22(20)16-21)27-11-9-26(10-12-27)8-7-17-13-18-3-1-2-4-19(18)14-17/h1-6,15-17,25H,7-14H2. The van der Waals surface area contributed by atoms with Crippen molar-refractivity contribution in [3.8, 4) is 0 Å². The van der Waals surface area contributed by atoms with Crippen LogP contribution in [0, 0.1) is 5.92 Å². The van der Waals surface area contributed by atoms with Crippen molar-refractivity contribution in [2.45, 2.75) is 19.3 Å². The summed E-state index contributed by atoms with van der Waals surface area (Å²) < 4.78 is 0. The van der Waals surface area contributed by atoms with E-state index in [0.717, 1.165) is 42.6 Å². The van der Waals surface area contributed by atoms with Crippen LogP contribution in [-0.4, -0.2) is 42.6 Å². The van der Waals surface area contributed by atoms with Gasteiger partial charge in [-0.3, -0.25) is 4.90 Å². The van der Waals surface area contributed by atoms with Crippen molar-refractivity contribution in [1.82, 2.24) is 9.88 Å². The van der Waals surface area contributed by atoms with Crippen molar-refractivity contribution in [3.05, 3.63) is 64.7 Å². The molecule has 0 unspecified atom stereocenters. The van der Waals surface area contributed by atoms with E-state index in [1.54, 1.807) is 11.1 Å². The van der Waals surface area contributed by atoms with Gasteiger partial charge in [0.2, 0.25) is 0 Å². The predicted octanol–water partition coefficient (Wildman–Crippen LogP) is 4.75. The number of fused-ring (bicyclic) bond motifs is 2. The third kappa shape index (κ3) is 3.59. The monoisotopic (exact) mass is 379 g/mol. The lowest BCUT2D eigenvalue weighted by Gasteiger charge is -2.35. The Kier molecular flexibility index (Phi) is 4.58. The van der Waals surface area contributed by atoms with Crippen LogP contribution in [0.4, 0.5) is 5.82 Å². The molecule has 5 rings (SSSR count). The van der Waals surface area contributed by atoms with Gasteiger partial charge in [0.15, 0.2) is 0 Å². The van der Waals surface area contributed by atoms with E-state index in [9.17, 15) is 0 Å². The van der Waals surface area contributed by atoms with Crippen molar-refractivity contribution < 1.29 is 0 Å². The van der Waals surface area contributed by atoms with E-state index >= 15 is 0 Å². The van der Waals surface area contributed by atoms with E-state index in [4.69, 9.17) is 11.6 Å². The summed E-state index contributed by atoms with van der Waals surface area (Å²) in [7, 11) is 0. The average Bonchev–Trinajstić information content (AvgIpc) is 3.30. The predicted molar refractivity (Wildman–Crippen MR) is 114 cm³/mol. The molecule has 1 aromatic heterocycles. The molecule has 1 fully saturated rings. The number of hydrogen-bond acceptors (Lipinski definition) is 2. The summed E-state index contributed by atoms with van der Waals surface area (Å²) in [6.07, 6.45) is 3.86. The van der Waals surface area contributed by atoms with Gasteiger partial charge >= 0.3 is 0 Å². The maximum absolute atomic E-state index is 6.11. The van der Waals surface area contributed by atoms with Gasteiger partial charge < -0.3 is 9.88 Å². The second-order valence-electron chi connectivity index (χ2n) is 8.05. The molecule has 0 amide bonds. The highest BCUT2D eigenvalue weighted by molar-refractivity contribution is 6.31. The van der Waals surface area contributed by atoms with Crippen LogP contribution < -0.4 is 4.90 Å². The number of aromatic amines is 1. The minimum absolute atomic E-state index is 0.787. The van der Waals surface area contributed by atoms with Crippen molar-refractivity contribution in [1.29, 1.82) is 0 Å². The van der Waals surface area contributed by atoms with E-state index in [0.29, 0.717) is 0 Å². The zero-order chi connectivity index (χ0) is 18.2. The number of nitrogens with one attached hydrogen (secondary N) is 1. The topological polar surface area (TPSA) is 22.3 Å². The number of H-pyrrole nitrogens is 1. The highest BCUT2D eigenvalue weighted by atomic mass is 35.5. The van der Waals surface area contributed by atoms with Gasteiger partial charge in [0.25, 0.3) is 0 Å². The molecule has 3 aromatic rings. The Morgan fingerprint density at radius 2 is 1.67 bits per heavy atom. The number of hydrogen-bond donors (Lipinski definition) is 1. The molecule has 2 heterocycles. The van der Waals surface area contributed by atoms with Crippen LogP contribution >= 0.6 is 11.6 Å². The van der Waals surface area contributed by atoms with Crippen molar-refractivity contribution in [2.75, 3.05) is 37.6 Å². The Morgan fingerprint density at radius 3 is 2.41 bits per heavy atom. The molecule has 0 radical (unpaired) electrons. The summed E-state index contributed by atoms with van der Waals surface area (Å²) in [5, 5.41) is 2.02. The van der Waals surface area contributed by atoms with E-state index in [2.05, 4.69) is 51.2 Å². The molecular formula is C23H26ClN3. The average molecular weight is 380 g/mol. The van der Waals surface area contributed by atoms with Gasteiger partial charge in [-0.2, -0.15) is 0 Å². The molecule has 0 spiro atoms. The third-order valence-corrected chi connectivity index (χ3v) is 6.51. The van der Waals surface area contributed by atoms with Crippen LogP contribution in [0.2, 0.25) is 5.02 Å². The lowest BCUT2D eigenvalue weighted by molar-refractivity contribution is 0.239. The number of halogens is 1. The fourth-order valence-electron chi connectivity index (χ4n) is 4.69. The van der Waals surface area contributed by atoms with Crippen LogP contribution in [-0.2, 0) is 12.8 Å². The van der Waals surface area contributed by atoms with Crippen molar-refractivity contribution in [3.63, 3.8) is 0 Å². The van der Waals surface area contributed by atoms with Crippen LogP contribution in [0.15, 0.2) is 48.5 Å². The molecule has 4 heteroatoms. The highest BCUT2D eigenvalue weighted by Gasteiger charge is 2.23.